The largest absolute Gasteiger partial charge is 0.457 e. The second-order valence-corrected chi connectivity index (χ2v) is 7.86. The fraction of sp³-hybridized carbons (Fsp3) is 0.391. The van der Waals surface area contributed by atoms with Crippen molar-refractivity contribution >= 4 is 23.6 Å². The van der Waals surface area contributed by atoms with Gasteiger partial charge in [-0.2, -0.15) is 0 Å². The van der Waals surface area contributed by atoms with Gasteiger partial charge < -0.3 is 20.3 Å². The van der Waals surface area contributed by atoms with Crippen LogP contribution in [0.3, 0.4) is 0 Å². The quantitative estimate of drug-likeness (QED) is 0.505. The number of likely N-dealkylation sites (N-methyl/N-ethyl adjacent to an activating group) is 1. The molecule has 2 aromatic carbocycles. The number of carbonyl (C=O) groups excluding carboxylic acids is 2. The molecule has 30 heavy (non-hydrogen) atoms. The third kappa shape index (κ3) is 8.47. The third-order valence-corrected chi connectivity index (χ3v) is 5.64. The average Bonchev–Trinajstić information content (AvgIpc) is 2.75. The monoisotopic (exact) mass is 429 g/mol. The van der Waals surface area contributed by atoms with Crippen LogP contribution in [-0.4, -0.2) is 54.7 Å². The Morgan fingerprint density at radius 2 is 1.63 bits per heavy atom. The maximum Gasteiger partial charge on any atom is 0.243 e. The molecule has 0 aromatic heterocycles. The van der Waals surface area contributed by atoms with Crippen LogP contribution in [0.1, 0.15) is 20.8 Å². The number of carbonyl (C=O) groups is 2. The maximum absolute atomic E-state index is 12.5. The van der Waals surface area contributed by atoms with Crippen molar-refractivity contribution in [3.63, 3.8) is 0 Å². The molecule has 1 unspecified atom stereocenters. The maximum atomic E-state index is 12.5. The number of hydrogen-bond donors (Lipinski definition) is 2. The van der Waals surface area contributed by atoms with Gasteiger partial charge in [0.2, 0.25) is 11.8 Å². The Labute approximate surface area is 183 Å². The molecule has 0 radical (unpaired) electrons. The van der Waals surface area contributed by atoms with Gasteiger partial charge in [0, 0.05) is 30.7 Å². The van der Waals surface area contributed by atoms with E-state index in [-0.39, 0.29) is 11.8 Å². The normalized spacial score (nSPS) is 11.7. The zero-order chi connectivity index (χ0) is 21.8. The molecule has 2 amide bonds. The van der Waals surface area contributed by atoms with Crippen LogP contribution in [0.4, 0.5) is 0 Å². The molecule has 1 atom stereocenters. The molecule has 7 heteroatoms. The van der Waals surface area contributed by atoms with Crippen LogP contribution in [0.15, 0.2) is 59.5 Å². The summed E-state index contributed by atoms with van der Waals surface area (Å²) in [6, 6.07) is 16.7. The van der Waals surface area contributed by atoms with Crippen molar-refractivity contribution in [3.8, 4) is 11.5 Å². The molecule has 2 aromatic rings. The van der Waals surface area contributed by atoms with E-state index in [1.165, 1.54) is 18.7 Å². The first-order valence-electron chi connectivity index (χ1n) is 10.2. The summed E-state index contributed by atoms with van der Waals surface area (Å²) >= 11 is 1.52. The summed E-state index contributed by atoms with van der Waals surface area (Å²) in [6.45, 7) is 8.87. The Morgan fingerprint density at radius 1 is 1.00 bits per heavy atom. The number of nitrogens with zero attached hydrogens (tertiary/aromatic N) is 1. The summed E-state index contributed by atoms with van der Waals surface area (Å²) in [7, 11) is 0. The van der Waals surface area contributed by atoms with E-state index in [9.17, 15) is 9.59 Å². The second-order valence-electron chi connectivity index (χ2n) is 6.77. The molecule has 2 N–H and O–H groups in total. The predicted octanol–water partition coefficient (Wildman–Crippen LogP) is 3.53. The number of benzene rings is 2. The summed E-state index contributed by atoms with van der Waals surface area (Å²) in [5.74, 6) is 1.61. The zero-order valence-corrected chi connectivity index (χ0v) is 18.7. The van der Waals surface area contributed by atoms with Gasteiger partial charge in [-0.25, -0.2) is 0 Å². The number of hydrogen-bond acceptors (Lipinski definition) is 5. The molecule has 0 fully saturated rings. The minimum atomic E-state index is -0.579. The van der Waals surface area contributed by atoms with Crippen LogP contribution in [0.25, 0.3) is 0 Å². The van der Waals surface area contributed by atoms with Crippen LogP contribution < -0.4 is 15.4 Å². The Hall–Kier alpha value is -2.51. The Balaban J connectivity index is 1.87. The molecular formula is C23H31N3O3S. The van der Waals surface area contributed by atoms with E-state index in [1.54, 1.807) is 0 Å². The van der Waals surface area contributed by atoms with Crippen molar-refractivity contribution in [2.24, 2.45) is 0 Å². The van der Waals surface area contributed by atoms with Crippen molar-refractivity contribution in [2.75, 3.05) is 31.9 Å². The van der Waals surface area contributed by atoms with Crippen LogP contribution in [0, 0.1) is 0 Å². The number of nitrogens with one attached hydrogen (secondary N) is 2. The first-order valence-corrected chi connectivity index (χ1v) is 11.2. The Bertz CT molecular complexity index is 780. The van der Waals surface area contributed by atoms with E-state index < -0.39 is 6.04 Å². The summed E-state index contributed by atoms with van der Waals surface area (Å²) in [5.41, 5.74) is 0. The van der Waals surface area contributed by atoms with Crippen molar-refractivity contribution in [1.29, 1.82) is 0 Å². The number of rotatable bonds is 12. The highest BCUT2D eigenvalue weighted by atomic mass is 32.2. The minimum Gasteiger partial charge on any atom is -0.457 e. The van der Waals surface area contributed by atoms with Gasteiger partial charge in [-0.3, -0.25) is 9.59 Å². The first-order chi connectivity index (χ1) is 14.5. The van der Waals surface area contributed by atoms with Gasteiger partial charge in [-0.1, -0.05) is 32.0 Å². The standard InChI is InChI=1S/C23H31N3O3S/c1-4-26(5-2)16-15-24-23(28)22(25-18(3)27)17-30-21-13-11-20(12-14-21)29-19-9-7-6-8-10-19/h6-14,22H,4-5,15-17H2,1-3H3,(H,24,28)(H,25,27). The molecular weight excluding hydrogens is 398 g/mol. The van der Waals surface area contributed by atoms with E-state index in [1.807, 2.05) is 54.6 Å². The highest BCUT2D eigenvalue weighted by Gasteiger charge is 2.19. The fourth-order valence-corrected chi connectivity index (χ4v) is 3.76. The Morgan fingerprint density at radius 3 is 2.23 bits per heavy atom. The van der Waals surface area contributed by atoms with Crippen LogP contribution >= 0.6 is 11.8 Å². The first kappa shape index (κ1) is 23.8. The fourth-order valence-electron chi connectivity index (χ4n) is 2.84. The smallest absolute Gasteiger partial charge is 0.243 e. The van der Waals surface area contributed by atoms with Crippen LogP contribution in [0.2, 0.25) is 0 Å². The van der Waals surface area contributed by atoms with E-state index >= 15 is 0 Å². The predicted molar refractivity (Wildman–Crippen MR) is 122 cm³/mol. The molecule has 2 rings (SSSR count). The summed E-state index contributed by atoms with van der Waals surface area (Å²) in [5, 5.41) is 5.68. The van der Waals surface area contributed by atoms with Gasteiger partial charge in [-0.05, 0) is 49.5 Å². The van der Waals surface area contributed by atoms with Crippen LogP contribution in [0.5, 0.6) is 11.5 Å². The van der Waals surface area contributed by atoms with Crippen molar-refractivity contribution < 1.29 is 14.3 Å². The van der Waals surface area contributed by atoms with E-state index in [2.05, 4.69) is 29.4 Å². The van der Waals surface area contributed by atoms with Gasteiger partial charge in [-0.15, -0.1) is 11.8 Å². The lowest BCUT2D eigenvalue weighted by Gasteiger charge is -2.20. The van der Waals surface area contributed by atoms with E-state index in [0.29, 0.717) is 12.3 Å². The number of para-hydroxylation sites is 1. The number of thioether (sulfide) groups is 1. The summed E-state index contributed by atoms with van der Waals surface area (Å²) in [4.78, 5) is 27.3. The molecule has 162 valence electrons. The number of amides is 2. The highest BCUT2D eigenvalue weighted by molar-refractivity contribution is 7.99. The molecule has 0 aliphatic rings. The highest BCUT2D eigenvalue weighted by Crippen LogP contribution is 2.25. The topological polar surface area (TPSA) is 70.7 Å². The molecule has 0 bridgehead atoms. The lowest BCUT2D eigenvalue weighted by atomic mass is 10.3. The molecule has 0 aliphatic carbocycles. The lowest BCUT2D eigenvalue weighted by molar-refractivity contribution is -0.127. The minimum absolute atomic E-state index is 0.158. The van der Waals surface area contributed by atoms with Crippen molar-refractivity contribution in [1.82, 2.24) is 15.5 Å². The molecule has 0 aliphatic heterocycles. The lowest BCUT2D eigenvalue weighted by Crippen LogP contribution is -2.49. The molecule has 0 heterocycles. The van der Waals surface area contributed by atoms with Gasteiger partial charge >= 0.3 is 0 Å². The third-order valence-electron chi connectivity index (χ3n) is 4.53. The molecule has 0 spiro atoms. The van der Waals surface area contributed by atoms with Gasteiger partial charge in [0.15, 0.2) is 0 Å². The molecule has 6 nitrogen and oxygen atoms in total. The summed E-state index contributed by atoms with van der Waals surface area (Å²) in [6.07, 6.45) is 0. The second kappa shape index (κ2) is 12.9. The number of ether oxygens (including phenoxy) is 1. The van der Waals surface area contributed by atoms with Gasteiger partial charge in [0.05, 0.1) is 0 Å². The van der Waals surface area contributed by atoms with Crippen molar-refractivity contribution in [3.05, 3.63) is 54.6 Å². The van der Waals surface area contributed by atoms with E-state index in [4.69, 9.17) is 4.74 Å². The summed E-state index contributed by atoms with van der Waals surface area (Å²) < 4.78 is 5.80. The zero-order valence-electron chi connectivity index (χ0n) is 17.9. The van der Waals surface area contributed by atoms with Gasteiger partial charge in [0.25, 0.3) is 0 Å². The van der Waals surface area contributed by atoms with E-state index in [0.717, 1.165) is 36.0 Å². The Kier molecular flexibility index (Phi) is 10.2. The van der Waals surface area contributed by atoms with Crippen LogP contribution in [-0.2, 0) is 9.59 Å². The SMILES string of the molecule is CCN(CC)CCNC(=O)C(CSc1ccc(Oc2ccccc2)cc1)NC(C)=O. The van der Waals surface area contributed by atoms with Gasteiger partial charge in [0.1, 0.15) is 17.5 Å². The average molecular weight is 430 g/mol. The molecule has 0 saturated carbocycles. The molecule has 0 saturated heterocycles. The van der Waals surface area contributed by atoms with Crippen molar-refractivity contribution in [2.45, 2.75) is 31.7 Å².